The van der Waals surface area contributed by atoms with Crippen molar-refractivity contribution >= 4 is 62.9 Å². The first kappa shape index (κ1) is 60.3. The average Bonchev–Trinajstić information content (AvgIpc) is 0.687. The number of hydrogen-bond donors (Lipinski definition) is 0. The lowest BCUT2D eigenvalue weighted by Crippen LogP contribution is -2.61. The number of rotatable bonds is 10. The molecule has 15 rings (SSSR count). The molecule has 0 saturated heterocycles. The summed E-state index contributed by atoms with van der Waals surface area (Å²) in [7, 11) is 0. The van der Waals surface area contributed by atoms with Gasteiger partial charge in [0.25, 0.3) is 6.71 Å². The van der Waals surface area contributed by atoms with Gasteiger partial charge in [0.15, 0.2) is 5.69 Å². The zero-order valence-corrected chi connectivity index (χ0v) is 55.7. The third-order valence-corrected chi connectivity index (χ3v) is 19.5. The van der Waals surface area contributed by atoms with Gasteiger partial charge in [-0.05, 0) is 165 Å². The van der Waals surface area contributed by atoms with Gasteiger partial charge in [-0.2, -0.15) is 0 Å². The maximum atomic E-state index is 7.93. The smallest absolute Gasteiger partial charge is 0.252 e. The molecule has 2 heterocycles. The summed E-state index contributed by atoms with van der Waals surface area (Å²) in [5.41, 5.74) is 32.5. The molecule has 13 aromatic carbocycles. The van der Waals surface area contributed by atoms with Gasteiger partial charge in [-0.3, -0.25) is 0 Å². The molecule has 0 aromatic heterocycles. The Labute approximate surface area is 562 Å². The van der Waals surface area contributed by atoms with Crippen LogP contribution in [0.2, 0.25) is 0 Å². The minimum absolute atomic E-state index is 0.0459. The summed E-state index contributed by atoms with van der Waals surface area (Å²) >= 11 is 0. The van der Waals surface area contributed by atoms with Crippen molar-refractivity contribution in [1.29, 1.82) is 0 Å². The first-order valence-electron chi connectivity index (χ1n) is 33.4. The van der Waals surface area contributed by atoms with E-state index in [4.69, 9.17) is 6.57 Å². The standard InChI is InChI=1S/C91H76BN3/c1-89(2,3)72-44-36-66(37-45-72)78-53-70(62-30-20-13-21-31-62)52-76(64-32-22-14-23-33-64)87(78)94-82-50-42-68(60-26-16-11-17-27-60)56-80(82)92-81-57-69(61-28-18-12-19-29-61)43-51-83(81)95(85-59-74(91(7,8)9)58-84(94)86(85)92)88-77(65-34-24-15-25-35-65)54-71(63-40-48-75(93-10)49-41-63)55-79(88)67-38-46-73(47-39-67)90(4,5)6/h11-59H,1-9H3. The van der Waals surface area contributed by atoms with Crippen LogP contribution in [0.4, 0.5) is 39.8 Å². The van der Waals surface area contributed by atoms with Gasteiger partial charge in [-0.25, -0.2) is 4.85 Å². The Morgan fingerprint density at radius 1 is 0.263 bits per heavy atom. The van der Waals surface area contributed by atoms with Crippen LogP contribution >= 0.6 is 0 Å². The van der Waals surface area contributed by atoms with Crippen LogP contribution in [0.1, 0.15) is 79.0 Å². The largest absolute Gasteiger partial charge is 0.310 e. The maximum Gasteiger partial charge on any atom is 0.252 e. The Morgan fingerprint density at radius 3 is 0.874 bits per heavy atom. The van der Waals surface area contributed by atoms with Crippen LogP contribution in [-0.4, -0.2) is 6.71 Å². The second-order valence-corrected chi connectivity index (χ2v) is 28.8. The third-order valence-electron chi connectivity index (χ3n) is 19.5. The number of fused-ring (bicyclic) bond motifs is 4. The van der Waals surface area contributed by atoms with Gasteiger partial charge in [-0.1, -0.05) is 311 Å². The van der Waals surface area contributed by atoms with Crippen molar-refractivity contribution in [3.05, 3.63) is 325 Å². The highest BCUT2D eigenvalue weighted by Gasteiger charge is 2.46. The fourth-order valence-electron chi connectivity index (χ4n) is 14.4. The summed E-state index contributed by atoms with van der Waals surface area (Å²) in [5, 5.41) is 0. The summed E-state index contributed by atoms with van der Waals surface area (Å²) in [6.07, 6.45) is 0. The summed E-state index contributed by atoms with van der Waals surface area (Å²) < 4.78 is 0. The van der Waals surface area contributed by atoms with E-state index in [1.54, 1.807) is 0 Å². The number of anilines is 6. The predicted octanol–water partition coefficient (Wildman–Crippen LogP) is 23.5. The third kappa shape index (κ3) is 11.2. The fraction of sp³-hybridized carbons (Fsp3) is 0.132. The van der Waals surface area contributed by atoms with E-state index in [0.717, 1.165) is 118 Å². The van der Waals surface area contributed by atoms with E-state index in [2.05, 4.69) is 362 Å². The van der Waals surface area contributed by atoms with Crippen LogP contribution in [0.3, 0.4) is 0 Å². The Balaban J connectivity index is 1.13. The Hall–Kier alpha value is -11.0. The van der Waals surface area contributed by atoms with Crippen LogP contribution in [-0.2, 0) is 16.2 Å². The summed E-state index contributed by atoms with van der Waals surface area (Å²) in [5.74, 6) is 0. The van der Waals surface area contributed by atoms with Gasteiger partial charge >= 0.3 is 0 Å². The molecule has 0 radical (unpaired) electrons. The van der Waals surface area contributed by atoms with Crippen LogP contribution < -0.4 is 26.2 Å². The minimum Gasteiger partial charge on any atom is -0.310 e. The Bertz CT molecular complexity index is 5070. The topological polar surface area (TPSA) is 10.8 Å². The van der Waals surface area contributed by atoms with Gasteiger partial charge in [0, 0.05) is 45.0 Å². The van der Waals surface area contributed by atoms with Crippen molar-refractivity contribution < 1.29 is 0 Å². The summed E-state index contributed by atoms with van der Waals surface area (Å²) in [6, 6.07) is 111. The molecule has 95 heavy (non-hydrogen) atoms. The van der Waals surface area contributed by atoms with Crippen LogP contribution in [0.15, 0.2) is 297 Å². The van der Waals surface area contributed by atoms with E-state index < -0.39 is 0 Å². The van der Waals surface area contributed by atoms with Crippen molar-refractivity contribution in [1.82, 2.24) is 0 Å². The second-order valence-electron chi connectivity index (χ2n) is 28.8. The van der Waals surface area contributed by atoms with E-state index in [9.17, 15) is 0 Å². The van der Waals surface area contributed by atoms with Crippen LogP contribution in [0.25, 0.3) is 93.9 Å². The van der Waals surface area contributed by atoms with Crippen molar-refractivity contribution in [2.45, 2.75) is 78.6 Å². The van der Waals surface area contributed by atoms with Crippen molar-refractivity contribution in [3.8, 4) is 89.0 Å². The van der Waals surface area contributed by atoms with Gasteiger partial charge in [0.1, 0.15) is 0 Å². The molecule has 3 nitrogen and oxygen atoms in total. The zero-order chi connectivity index (χ0) is 65.3. The first-order chi connectivity index (χ1) is 46.0. The molecule has 0 aliphatic carbocycles. The lowest BCUT2D eigenvalue weighted by molar-refractivity contribution is 0.590. The fourth-order valence-corrected chi connectivity index (χ4v) is 14.4. The van der Waals surface area contributed by atoms with Gasteiger partial charge < -0.3 is 9.80 Å². The Kier molecular flexibility index (Phi) is 15.1. The monoisotopic (exact) mass is 1220 g/mol. The normalized spacial score (nSPS) is 12.6. The van der Waals surface area contributed by atoms with Gasteiger partial charge in [0.2, 0.25) is 0 Å². The van der Waals surface area contributed by atoms with E-state index in [1.165, 1.54) is 38.6 Å². The highest BCUT2D eigenvalue weighted by atomic mass is 15.2. The minimum atomic E-state index is -0.312. The molecule has 0 saturated carbocycles. The molecule has 0 unspecified atom stereocenters. The predicted molar refractivity (Wildman–Crippen MR) is 406 cm³/mol. The van der Waals surface area contributed by atoms with Crippen molar-refractivity contribution in [2.75, 3.05) is 9.80 Å². The van der Waals surface area contributed by atoms with Crippen LogP contribution in [0, 0.1) is 6.57 Å². The van der Waals surface area contributed by atoms with E-state index >= 15 is 0 Å². The molecule has 2 aliphatic rings. The maximum absolute atomic E-state index is 7.93. The second kappa shape index (κ2) is 23.8. The van der Waals surface area contributed by atoms with Crippen molar-refractivity contribution in [3.63, 3.8) is 0 Å². The zero-order valence-electron chi connectivity index (χ0n) is 55.7. The first-order valence-corrected chi connectivity index (χ1v) is 33.4. The lowest BCUT2D eigenvalue weighted by atomic mass is 9.33. The van der Waals surface area contributed by atoms with Gasteiger partial charge in [0.05, 0.1) is 17.9 Å². The highest BCUT2D eigenvalue weighted by Crippen LogP contribution is 2.55. The molecular formula is C91H76BN3. The molecular weight excluding hydrogens is 1150 g/mol. The SMILES string of the molecule is [C-]#[N+]c1ccc(-c2cc(-c3ccccc3)c(N3c4ccc(-c5ccccc5)cc4B4c5cc(-c6ccccc6)ccc5N(c5c(-c6ccccc6)cc(-c6ccccc6)cc5-c5ccc(C(C)(C)C)cc5)c5cc(C(C)(C)C)cc3c54)c(-c3ccc(C(C)(C)C)cc3)c2)cc1. The molecule has 0 bridgehead atoms. The molecule has 0 fully saturated rings. The Morgan fingerprint density at radius 2 is 0.547 bits per heavy atom. The molecule has 0 N–H and O–H groups in total. The molecule has 0 spiro atoms. The molecule has 0 atom stereocenters. The lowest BCUT2D eigenvalue weighted by Gasteiger charge is -2.46. The average molecular weight is 1220 g/mol. The molecule has 13 aromatic rings. The molecule has 458 valence electrons. The molecule has 2 aliphatic heterocycles. The van der Waals surface area contributed by atoms with Crippen LogP contribution in [0.5, 0.6) is 0 Å². The highest BCUT2D eigenvalue weighted by molar-refractivity contribution is 7.00. The van der Waals surface area contributed by atoms with Crippen molar-refractivity contribution in [2.24, 2.45) is 0 Å². The summed E-state index contributed by atoms with van der Waals surface area (Å²) in [4.78, 5) is 9.18. The van der Waals surface area contributed by atoms with E-state index in [-0.39, 0.29) is 23.0 Å². The molecule has 4 heteroatoms. The van der Waals surface area contributed by atoms with E-state index in [1.807, 2.05) is 12.1 Å². The molecule has 0 amide bonds. The number of nitrogens with zero attached hydrogens (tertiary/aromatic N) is 3. The van der Waals surface area contributed by atoms with Gasteiger partial charge in [-0.15, -0.1) is 0 Å². The quantitative estimate of drug-likeness (QED) is 0.0998. The number of benzene rings is 13. The van der Waals surface area contributed by atoms with E-state index in [0.29, 0.717) is 5.69 Å². The summed E-state index contributed by atoms with van der Waals surface area (Å²) in [6.45, 7) is 28.6. The number of hydrogen-bond acceptors (Lipinski definition) is 2.